The minimum atomic E-state index is -3.59. The standard InChI is InChI=1S/C14H19NO4S/c1-12(7-9-16)11-15-14(17)8-10-20(18,19)13-5-3-2-4-6-13/h2-6,8,10,12,16H,7,9,11H2,1H3,(H,15,17). The molecule has 2 N–H and O–H groups in total. The molecule has 0 aliphatic carbocycles. The van der Waals surface area contributed by atoms with Gasteiger partial charge in [-0.3, -0.25) is 4.79 Å². The van der Waals surface area contributed by atoms with Gasteiger partial charge in [-0.05, 0) is 24.5 Å². The summed E-state index contributed by atoms with van der Waals surface area (Å²) in [5.41, 5.74) is 0. The molecule has 5 nitrogen and oxygen atoms in total. The Balaban J connectivity index is 2.57. The van der Waals surface area contributed by atoms with E-state index < -0.39 is 15.7 Å². The van der Waals surface area contributed by atoms with Gasteiger partial charge in [-0.1, -0.05) is 25.1 Å². The molecule has 1 atom stereocenters. The maximum absolute atomic E-state index is 11.9. The average Bonchev–Trinajstić information content (AvgIpc) is 2.44. The summed E-state index contributed by atoms with van der Waals surface area (Å²) in [7, 11) is -3.59. The van der Waals surface area contributed by atoms with Crippen molar-refractivity contribution in [2.24, 2.45) is 5.92 Å². The summed E-state index contributed by atoms with van der Waals surface area (Å²) in [4.78, 5) is 11.7. The van der Waals surface area contributed by atoms with Crippen LogP contribution in [-0.4, -0.2) is 32.6 Å². The first-order valence-corrected chi connectivity index (χ1v) is 7.87. The molecule has 0 aliphatic heterocycles. The maximum Gasteiger partial charge on any atom is 0.244 e. The molecule has 1 rings (SSSR count). The molecule has 1 unspecified atom stereocenters. The first-order chi connectivity index (χ1) is 9.45. The van der Waals surface area contributed by atoms with E-state index in [4.69, 9.17) is 5.11 Å². The van der Waals surface area contributed by atoms with Gasteiger partial charge in [0.05, 0.1) is 4.90 Å². The first-order valence-electron chi connectivity index (χ1n) is 6.32. The van der Waals surface area contributed by atoms with E-state index in [0.29, 0.717) is 13.0 Å². The number of amides is 1. The summed E-state index contributed by atoms with van der Waals surface area (Å²) in [6, 6.07) is 7.91. The van der Waals surface area contributed by atoms with Crippen LogP contribution >= 0.6 is 0 Å². The molecule has 0 bridgehead atoms. The van der Waals surface area contributed by atoms with Crippen molar-refractivity contribution in [1.82, 2.24) is 5.32 Å². The zero-order chi connectivity index (χ0) is 15.0. The molecule has 1 aromatic carbocycles. The number of hydrogen-bond acceptors (Lipinski definition) is 4. The predicted octanol–water partition coefficient (Wildman–Crippen LogP) is 1.11. The van der Waals surface area contributed by atoms with Crippen LogP contribution in [0.25, 0.3) is 0 Å². The summed E-state index contributed by atoms with van der Waals surface area (Å²) in [6.45, 7) is 2.35. The van der Waals surface area contributed by atoms with E-state index >= 15 is 0 Å². The van der Waals surface area contributed by atoms with E-state index in [1.54, 1.807) is 18.2 Å². The number of aliphatic hydroxyl groups excluding tert-OH is 1. The van der Waals surface area contributed by atoms with Crippen LogP contribution in [0.1, 0.15) is 13.3 Å². The third-order valence-electron chi connectivity index (χ3n) is 2.72. The molecule has 0 aliphatic rings. The van der Waals surface area contributed by atoms with Gasteiger partial charge in [0.1, 0.15) is 0 Å². The molecule has 110 valence electrons. The molecule has 20 heavy (non-hydrogen) atoms. The molecular weight excluding hydrogens is 278 g/mol. The van der Waals surface area contributed by atoms with E-state index in [1.165, 1.54) is 12.1 Å². The largest absolute Gasteiger partial charge is 0.396 e. The molecule has 0 spiro atoms. The number of hydrogen-bond donors (Lipinski definition) is 2. The summed E-state index contributed by atoms with van der Waals surface area (Å²) >= 11 is 0. The lowest BCUT2D eigenvalue weighted by molar-refractivity contribution is -0.116. The fraction of sp³-hybridized carbons (Fsp3) is 0.357. The van der Waals surface area contributed by atoms with E-state index in [9.17, 15) is 13.2 Å². The smallest absolute Gasteiger partial charge is 0.244 e. The van der Waals surface area contributed by atoms with Crippen molar-refractivity contribution < 1.29 is 18.3 Å². The number of nitrogens with one attached hydrogen (secondary N) is 1. The minimum Gasteiger partial charge on any atom is -0.396 e. The predicted molar refractivity (Wildman–Crippen MR) is 76.6 cm³/mol. The van der Waals surface area contributed by atoms with Gasteiger partial charge >= 0.3 is 0 Å². The van der Waals surface area contributed by atoms with Crippen molar-refractivity contribution in [2.75, 3.05) is 13.2 Å². The Morgan fingerprint density at radius 1 is 1.35 bits per heavy atom. The molecule has 0 saturated carbocycles. The van der Waals surface area contributed by atoms with Crippen molar-refractivity contribution in [3.63, 3.8) is 0 Å². The third kappa shape index (κ3) is 5.54. The van der Waals surface area contributed by atoms with Crippen molar-refractivity contribution in [3.05, 3.63) is 41.8 Å². The highest BCUT2D eigenvalue weighted by molar-refractivity contribution is 7.94. The zero-order valence-electron chi connectivity index (χ0n) is 11.3. The van der Waals surface area contributed by atoms with Crippen LogP contribution in [0.2, 0.25) is 0 Å². The number of benzene rings is 1. The number of carbonyl (C=O) groups excluding carboxylic acids is 1. The molecule has 0 saturated heterocycles. The summed E-state index contributed by atoms with van der Waals surface area (Å²) in [5.74, 6) is -0.322. The Hall–Kier alpha value is -1.66. The molecule has 0 aromatic heterocycles. The first kappa shape index (κ1) is 16.4. The Kier molecular flexibility index (Phi) is 6.41. The number of sulfone groups is 1. The summed E-state index contributed by atoms with van der Waals surface area (Å²) in [5, 5.41) is 12.2. The SMILES string of the molecule is CC(CCO)CNC(=O)C=CS(=O)(=O)c1ccccc1. The van der Waals surface area contributed by atoms with Crippen molar-refractivity contribution in [2.45, 2.75) is 18.2 Å². The van der Waals surface area contributed by atoms with E-state index in [0.717, 1.165) is 11.5 Å². The molecular formula is C14H19NO4S. The quantitative estimate of drug-likeness (QED) is 0.738. The zero-order valence-corrected chi connectivity index (χ0v) is 12.1. The van der Waals surface area contributed by atoms with Crippen molar-refractivity contribution >= 4 is 15.7 Å². The van der Waals surface area contributed by atoms with Gasteiger partial charge in [0.2, 0.25) is 5.91 Å². The van der Waals surface area contributed by atoms with Crippen LogP contribution in [0.5, 0.6) is 0 Å². The van der Waals surface area contributed by atoms with E-state index in [-0.39, 0.29) is 17.4 Å². The summed E-state index contributed by atoms with van der Waals surface area (Å²) < 4.78 is 23.8. The number of aliphatic hydroxyl groups is 1. The molecule has 1 aromatic rings. The highest BCUT2D eigenvalue weighted by Crippen LogP contribution is 2.10. The second-order valence-electron chi connectivity index (χ2n) is 4.52. The minimum absolute atomic E-state index is 0.0647. The van der Waals surface area contributed by atoms with Crippen LogP contribution in [0.15, 0.2) is 46.7 Å². The van der Waals surface area contributed by atoms with Gasteiger partial charge in [0, 0.05) is 24.6 Å². The Morgan fingerprint density at radius 2 is 2.00 bits per heavy atom. The molecule has 0 fully saturated rings. The highest BCUT2D eigenvalue weighted by atomic mass is 32.2. The lowest BCUT2D eigenvalue weighted by Crippen LogP contribution is -2.27. The second kappa shape index (κ2) is 7.81. The third-order valence-corrected chi connectivity index (χ3v) is 4.14. The Labute approximate surface area is 119 Å². The van der Waals surface area contributed by atoms with Gasteiger partial charge in [0.25, 0.3) is 0 Å². The van der Waals surface area contributed by atoms with Crippen LogP contribution in [-0.2, 0) is 14.6 Å². The van der Waals surface area contributed by atoms with Crippen LogP contribution in [0.4, 0.5) is 0 Å². The van der Waals surface area contributed by atoms with Crippen LogP contribution < -0.4 is 5.32 Å². The monoisotopic (exact) mass is 297 g/mol. The summed E-state index contributed by atoms with van der Waals surface area (Å²) in [6.07, 6.45) is 1.60. The van der Waals surface area contributed by atoms with Gasteiger partial charge in [-0.25, -0.2) is 8.42 Å². The molecule has 6 heteroatoms. The number of carbonyl (C=O) groups is 1. The van der Waals surface area contributed by atoms with Crippen LogP contribution in [0, 0.1) is 5.92 Å². The van der Waals surface area contributed by atoms with Gasteiger partial charge in [0.15, 0.2) is 9.84 Å². The van der Waals surface area contributed by atoms with E-state index in [2.05, 4.69) is 5.32 Å². The van der Waals surface area contributed by atoms with Gasteiger partial charge in [-0.2, -0.15) is 0 Å². The molecule has 1 amide bonds. The maximum atomic E-state index is 11.9. The second-order valence-corrected chi connectivity index (χ2v) is 6.36. The fourth-order valence-corrected chi connectivity index (χ4v) is 2.49. The Bertz CT molecular complexity index is 552. The van der Waals surface area contributed by atoms with Crippen molar-refractivity contribution in [3.8, 4) is 0 Å². The van der Waals surface area contributed by atoms with E-state index in [1.807, 2.05) is 6.92 Å². The lowest BCUT2D eigenvalue weighted by Gasteiger charge is -2.09. The normalized spacial score (nSPS) is 13.3. The van der Waals surface area contributed by atoms with Gasteiger partial charge < -0.3 is 10.4 Å². The molecule has 0 heterocycles. The number of rotatable bonds is 7. The van der Waals surface area contributed by atoms with Crippen LogP contribution in [0.3, 0.4) is 0 Å². The van der Waals surface area contributed by atoms with Crippen molar-refractivity contribution in [1.29, 1.82) is 0 Å². The van der Waals surface area contributed by atoms with Gasteiger partial charge in [-0.15, -0.1) is 0 Å². The average molecular weight is 297 g/mol. The fourth-order valence-electron chi connectivity index (χ4n) is 1.50. The lowest BCUT2D eigenvalue weighted by atomic mass is 10.1. The highest BCUT2D eigenvalue weighted by Gasteiger charge is 2.10. The molecule has 0 radical (unpaired) electrons. The topological polar surface area (TPSA) is 83.5 Å². The Morgan fingerprint density at radius 3 is 2.60 bits per heavy atom.